The number of aromatic nitrogens is 2. The lowest BCUT2D eigenvalue weighted by Gasteiger charge is -2.16. The maximum absolute atomic E-state index is 8.57. The zero-order valence-corrected chi connectivity index (χ0v) is 11.1. The molecular weight excluding hydrogens is 214 g/mol. The van der Waals surface area contributed by atoms with Crippen LogP contribution in [0.1, 0.15) is 24.6 Å². The summed E-state index contributed by atoms with van der Waals surface area (Å²) in [6, 6.07) is 2.17. The second-order valence-electron chi connectivity index (χ2n) is 4.21. The third-order valence-corrected chi connectivity index (χ3v) is 2.72. The summed E-state index contributed by atoms with van der Waals surface area (Å²) in [7, 11) is 3.98. The van der Waals surface area contributed by atoms with Gasteiger partial charge in [0, 0.05) is 38.7 Å². The van der Waals surface area contributed by atoms with E-state index in [1.807, 2.05) is 25.7 Å². The molecule has 1 aromatic rings. The minimum absolute atomic E-state index is 0.562. The first kappa shape index (κ1) is 13.5. The largest absolute Gasteiger partial charge is 0.370 e. The molecule has 0 saturated heterocycles. The Hall–Kier alpha value is -1.54. The van der Waals surface area contributed by atoms with Crippen molar-refractivity contribution in [1.29, 1.82) is 5.26 Å². The Morgan fingerprint density at radius 1 is 1.53 bits per heavy atom. The highest BCUT2D eigenvalue weighted by atomic mass is 15.3. The SMILES string of the molecule is CCNc1c(CN(C)CCC#N)c(C)nn1C. The van der Waals surface area contributed by atoms with Gasteiger partial charge in [-0.15, -0.1) is 0 Å². The molecule has 0 aliphatic carbocycles. The lowest BCUT2D eigenvalue weighted by atomic mass is 10.2. The van der Waals surface area contributed by atoms with Crippen LogP contribution >= 0.6 is 0 Å². The van der Waals surface area contributed by atoms with Gasteiger partial charge in [-0.25, -0.2) is 0 Å². The van der Waals surface area contributed by atoms with Crippen LogP contribution in [0.25, 0.3) is 0 Å². The number of aryl methyl sites for hydroxylation is 2. The lowest BCUT2D eigenvalue weighted by Crippen LogP contribution is -2.20. The van der Waals surface area contributed by atoms with Crippen molar-refractivity contribution in [1.82, 2.24) is 14.7 Å². The fraction of sp³-hybridized carbons (Fsp3) is 0.667. The van der Waals surface area contributed by atoms with Crippen molar-refractivity contribution in [2.45, 2.75) is 26.8 Å². The quantitative estimate of drug-likeness (QED) is 0.812. The molecular formula is C12H21N5. The van der Waals surface area contributed by atoms with E-state index in [0.717, 1.165) is 31.1 Å². The van der Waals surface area contributed by atoms with Gasteiger partial charge in [0.05, 0.1) is 11.8 Å². The van der Waals surface area contributed by atoms with E-state index < -0.39 is 0 Å². The number of nitrogens with zero attached hydrogens (tertiary/aromatic N) is 4. The fourth-order valence-electron chi connectivity index (χ4n) is 1.87. The molecule has 5 nitrogen and oxygen atoms in total. The zero-order chi connectivity index (χ0) is 12.8. The van der Waals surface area contributed by atoms with Crippen LogP contribution in [0.3, 0.4) is 0 Å². The van der Waals surface area contributed by atoms with Gasteiger partial charge in [-0.2, -0.15) is 10.4 Å². The first-order chi connectivity index (χ1) is 8.10. The second-order valence-corrected chi connectivity index (χ2v) is 4.21. The molecule has 0 amide bonds. The first-order valence-corrected chi connectivity index (χ1v) is 5.92. The van der Waals surface area contributed by atoms with Gasteiger partial charge in [0.15, 0.2) is 0 Å². The summed E-state index contributed by atoms with van der Waals surface area (Å²) in [6.07, 6.45) is 0.562. The molecule has 1 aromatic heterocycles. The van der Waals surface area contributed by atoms with E-state index in [9.17, 15) is 0 Å². The molecule has 0 saturated carbocycles. The minimum Gasteiger partial charge on any atom is -0.370 e. The molecule has 1 N–H and O–H groups in total. The zero-order valence-electron chi connectivity index (χ0n) is 11.1. The standard InChI is InChI=1S/C12H21N5/c1-5-14-12-11(10(2)15-17(12)4)9-16(3)8-6-7-13/h14H,5-6,8-9H2,1-4H3. The van der Waals surface area contributed by atoms with Crippen molar-refractivity contribution >= 4 is 5.82 Å². The van der Waals surface area contributed by atoms with Gasteiger partial charge in [-0.05, 0) is 20.9 Å². The van der Waals surface area contributed by atoms with E-state index in [1.165, 1.54) is 5.56 Å². The van der Waals surface area contributed by atoms with Crippen LogP contribution in [0.5, 0.6) is 0 Å². The minimum atomic E-state index is 0.562. The summed E-state index contributed by atoms with van der Waals surface area (Å²) >= 11 is 0. The van der Waals surface area contributed by atoms with Gasteiger partial charge < -0.3 is 10.2 Å². The fourth-order valence-corrected chi connectivity index (χ4v) is 1.87. The van der Waals surface area contributed by atoms with Crippen LogP contribution in [0.15, 0.2) is 0 Å². The number of hydrogen-bond acceptors (Lipinski definition) is 4. The van der Waals surface area contributed by atoms with Crippen LogP contribution in [0.2, 0.25) is 0 Å². The van der Waals surface area contributed by atoms with Crippen molar-refractivity contribution in [2.75, 3.05) is 25.5 Å². The molecule has 1 heterocycles. The van der Waals surface area contributed by atoms with Crippen molar-refractivity contribution in [2.24, 2.45) is 7.05 Å². The summed E-state index contributed by atoms with van der Waals surface area (Å²) in [5.41, 5.74) is 2.27. The Morgan fingerprint density at radius 2 is 2.24 bits per heavy atom. The predicted molar refractivity (Wildman–Crippen MR) is 68.7 cm³/mol. The van der Waals surface area contributed by atoms with E-state index in [2.05, 4.69) is 28.3 Å². The molecule has 0 fully saturated rings. The second kappa shape index (κ2) is 6.26. The molecule has 0 atom stereocenters. The van der Waals surface area contributed by atoms with Crippen molar-refractivity contribution in [3.8, 4) is 6.07 Å². The first-order valence-electron chi connectivity index (χ1n) is 5.92. The molecule has 0 aliphatic heterocycles. The summed E-state index contributed by atoms with van der Waals surface area (Å²) < 4.78 is 1.88. The van der Waals surface area contributed by atoms with Crippen molar-refractivity contribution < 1.29 is 0 Å². The van der Waals surface area contributed by atoms with E-state index in [1.54, 1.807) is 0 Å². The highest BCUT2D eigenvalue weighted by Gasteiger charge is 2.13. The highest BCUT2D eigenvalue weighted by molar-refractivity contribution is 5.47. The average molecular weight is 235 g/mol. The molecule has 0 unspecified atom stereocenters. The summed E-state index contributed by atoms with van der Waals surface area (Å²) in [5.74, 6) is 1.08. The Kier molecular flexibility index (Phi) is 4.98. The van der Waals surface area contributed by atoms with Crippen molar-refractivity contribution in [3.63, 3.8) is 0 Å². The van der Waals surface area contributed by atoms with Gasteiger partial charge in [0.2, 0.25) is 0 Å². The molecule has 1 rings (SSSR count). The van der Waals surface area contributed by atoms with Crippen LogP contribution < -0.4 is 5.32 Å². The molecule has 0 aromatic carbocycles. The third kappa shape index (κ3) is 3.46. The molecule has 94 valence electrons. The lowest BCUT2D eigenvalue weighted by molar-refractivity contribution is 0.334. The molecule has 5 heteroatoms. The molecule has 0 aliphatic rings. The maximum Gasteiger partial charge on any atom is 0.128 e. The number of nitrogens with one attached hydrogen (secondary N) is 1. The van der Waals surface area contributed by atoms with Gasteiger partial charge >= 0.3 is 0 Å². The topological polar surface area (TPSA) is 56.9 Å². The molecule has 0 radical (unpaired) electrons. The van der Waals surface area contributed by atoms with Crippen LogP contribution in [0.4, 0.5) is 5.82 Å². The Morgan fingerprint density at radius 3 is 2.82 bits per heavy atom. The molecule has 0 spiro atoms. The number of hydrogen-bond donors (Lipinski definition) is 1. The predicted octanol–water partition coefficient (Wildman–Crippen LogP) is 1.51. The summed E-state index contributed by atoms with van der Waals surface area (Å²) in [4.78, 5) is 2.15. The van der Waals surface area contributed by atoms with Gasteiger partial charge in [-0.3, -0.25) is 4.68 Å². The third-order valence-electron chi connectivity index (χ3n) is 2.72. The van der Waals surface area contributed by atoms with Gasteiger partial charge in [-0.1, -0.05) is 0 Å². The van der Waals surface area contributed by atoms with E-state index in [-0.39, 0.29) is 0 Å². The van der Waals surface area contributed by atoms with E-state index in [0.29, 0.717) is 6.42 Å². The van der Waals surface area contributed by atoms with E-state index in [4.69, 9.17) is 5.26 Å². The smallest absolute Gasteiger partial charge is 0.128 e. The molecule has 17 heavy (non-hydrogen) atoms. The monoisotopic (exact) mass is 235 g/mol. The van der Waals surface area contributed by atoms with Crippen molar-refractivity contribution in [3.05, 3.63) is 11.3 Å². The number of rotatable bonds is 6. The number of anilines is 1. The summed E-state index contributed by atoms with van der Waals surface area (Å²) in [6.45, 7) is 6.59. The normalized spacial score (nSPS) is 10.6. The van der Waals surface area contributed by atoms with Crippen LogP contribution in [-0.2, 0) is 13.6 Å². The Bertz CT molecular complexity index is 402. The number of nitriles is 1. The molecule has 0 bridgehead atoms. The van der Waals surface area contributed by atoms with Gasteiger partial charge in [0.1, 0.15) is 5.82 Å². The Labute approximate surface area is 103 Å². The summed E-state index contributed by atoms with van der Waals surface area (Å²) in [5, 5.41) is 16.3. The van der Waals surface area contributed by atoms with Crippen LogP contribution in [-0.4, -0.2) is 34.8 Å². The maximum atomic E-state index is 8.57. The van der Waals surface area contributed by atoms with Crippen LogP contribution in [0, 0.1) is 18.3 Å². The highest BCUT2D eigenvalue weighted by Crippen LogP contribution is 2.20. The Balaban J connectivity index is 2.78. The van der Waals surface area contributed by atoms with Gasteiger partial charge in [0.25, 0.3) is 0 Å². The van der Waals surface area contributed by atoms with E-state index >= 15 is 0 Å². The average Bonchev–Trinajstić information content (AvgIpc) is 2.54.